The molecule has 5 nitrogen and oxygen atoms in total. The Balaban J connectivity index is 2.94. The molecule has 5 heteroatoms. The molecular weight excluding hydrogens is 200 g/mol. The van der Waals surface area contributed by atoms with Crippen LogP contribution in [0.15, 0.2) is 18.2 Å². The fourth-order valence-electron chi connectivity index (χ4n) is 1.01. The number of ether oxygens (including phenoxy) is 2. The molecule has 0 fully saturated rings. The molecule has 0 heterocycles. The summed E-state index contributed by atoms with van der Waals surface area (Å²) >= 11 is 0. The third-order valence-corrected chi connectivity index (χ3v) is 1.39. The molecule has 1 rings (SSSR count). The minimum atomic E-state index is -0.519. The summed E-state index contributed by atoms with van der Waals surface area (Å²) in [5.41, 5.74) is 0. The Morgan fingerprint density at radius 1 is 1.00 bits per heavy atom. The molecule has 0 atom stereocenters. The number of phenolic OH excluding ortho intramolecular Hbond substituents is 1. The van der Waals surface area contributed by atoms with Crippen LogP contribution in [0.1, 0.15) is 13.8 Å². The van der Waals surface area contributed by atoms with Crippen LogP contribution >= 0.6 is 0 Å². The SMILES string of the molecule is CC(=O)Oc1cc(O)cc(OC(C)=O)c1. The van der Waals surface area contributed by atoms with Crippen molar-refractivity contribution in [1.82, 2.24) is 0 Å². The lowest BCUT2D eigenvalue weighted by Gasteiger charge is -2.05. The fourth-order valence-corrected chi connectivity index (χ4v) is 1.01. The lowest BCUT2D eigenvalue weighted by molar-refractivity contribution is -0.132. The van der Waals surface area contributed by atoms with Gasteiger partial charge in [0.15, 0.2) is 0 Å². The predicted molar refractivity (Wildman–Crippen MR) is 50.7 cm³/mol. The van der Waals surface area contributed by atoms with Crippen LogP contribution < -0.4 is 9.47 Å². The van der Waals surface area contributed by atoms with E-state index in [1.54, 1.807) is 0 Å². The van der Waals surface area contributed by atoms with Crippen LogP contribution in [0.3, 0.4) is 0 Å². The molecule has 0 spiro atoms. The molecule has 0 amide bonds. The lowest BCUT2D eigenvalue weighted by atomic mass is 10.3. The summed E-state index contributed by atoms with van der Waals surface area (Å²) in [6.07, 6.45) is 0. The minimum Gasteiger partial charge on any atom is -0.508 e. The normalized spacial score (nSPS) is 9.47. The number of phenols is 1. The highest BCUT2D eigenvalue weighted by atomic mass is 16.5. The number of rotatable bonds is 2. The minimum absolute atomic E-state index is 0.124. The Hall–Kier alpha value is -2.04. The van der Waals surface area contributed by atoms with Gasteiger partial charge in [0, 0.05) is 32.0 Å². The summed E-state index contributed by atoms with van der Waals surface area (Å²) < 4.78 is 9.45. The Labute approximate surface area is 86.2 Å². The van der Waals surface area contributed by atoms with Crippen molar-refractivity contribution in [3.63, 3.8) is 0 Å². The molecule has 0 aliphatic heterocycles. The van der Waals surface area contributed by atoms with Crippen LogP contribution in [0.25, 0.3) is 0 Å². The van der Waals surface area contributed by atoms with E-state index < -0.39 is 11.9 Å². The van der Waals surface area contributed by atoms with Gasteiger partial charge in [-0.15, -0.1) is 0 Å². The van der Waals surface area contributed by atoms with Crippen molar-refractivity contribution in [1.29, 1.82) is 0 Å². The van der Waals surface area contributed by atoms with Gasteiger partial charge >= 0.3 is 11.9 Å². The van der Waals surface area contributed by atoms with Gasteiger partial charge in [0.05, 0.1) is 0 Å². The zero-order valence-corrected chi connectivity index (χ0v) is 8.31. The van der Waals surface area contributed by atoms with Crippen LogP contribution in [0.2, 0.25) is 0 Å². The predicted octanol–water partition coefficient (Wildman–Crippen LogP) is 1.24. The first-order valence-corrected chi connectivity index (χ1v) is 4.18. The van der Waals surface area contributed by atoms with Crippen molar-refractivity contribution in [2.75, 3.05) is 0 Å². The van der Waals surface area contributed by atoms with Gasteiger partial charge in [-0.1, -0.05) is 0 Å². The van der Waals surface area contributed by atoms with Crippen LogP contribution in [0.5, 0.6) is 17.2 Å². The molecule has 1 aromatic carbocycles. The van der Waals surface area contributed by atoms with E-state index >= 15 is 0 Å². The lowest BCUT2D eigenvalue weighted by Crippen LogP contribution is -2.04. The number of esters is 2. The number of hydrogen-bond donors (Lipinski definition) is 1. The molecule has 1 aromatic rings. The molecule has 0 saturated heterocycles. The second kappa shape index (κ2) is 4.45. The maximum absolute atomic E-state index is 10.6. The van der Waals surface area contributed by atoms with Gasteiger partial charge in [-0.05, 0) is 0 Å². The highest BCUT2D eigenvalue weighted by Gasteiger charge is 2.05. The smallest absolute Gasteiger partial charge is 0.308 e. The van der Waals surface area contributed by atoms with Gasteiger partial charge in [0.1, 0.15) is 17.2 Å². The summed E-state index contributed by atoms with van der Waals surface area (Å²) in [6.45, 7) is 2.46. The number of carbonyl (C=O) groups excluding carboxylic acids is 2. The summed E-state index contributed by atoms with van der Waals surface area (Å²) in [4.78, 5) is 21.3. The van der Waals surface area contributed by atoms with Gasteiger partial charge in [-0.2, -0.15) is 0 Å². The van der Waals surface area contributed by atoms with E-state index in [0.717, 1.165) is 0 Å². The largest absolute Gasteiger partial charge is 0.508 e. The zero-order chi connectivity index (χ0) is 11.4. The van der Waals surface area contributed by atoms with Crippen LogP contribution in [0.4, 0.5) is 0 Å². The molecule has 0 saturated carbocycles. The Morgan fingerprint density at radius 2 is 1.40 bits per heavy atom. The summed E-state index contributed by atoms with van der Waals surface area (Å²) in [7, 11) is 0. The van der Waals surface area contributed by atoms with E-state index in [1.807, 2.05) is 0 Å². The molecular formula is C10H10O5. The molecule has 80 valence electrons. The first-order valence-electron chi connectivity index (χ1n) is 4.18. The molecule has 0 aliphatic rings. The topological polar surface area (TPSA) is 72.8 Å². The molecule has 0 aromatic heterocycles. The van der Waals surface area contributed by atoms with Gasteiger partial charge in [0.2, 0.25) is 0 Å². The zero-order valence-electron chi connectivity index (χ0n) is 8.31. The Morgan fingerprint density at radius 3 is 1.73 bits per heavy atom. The molecule has 0 radical (unpaired) electrons. The number of carbonyl (C=O) groups is 2. The molecule has 15 heavy (non-hydrogen) atoms. The first kappa shape index (κ1) is 11.0. The molecule has 0 unspecified atom stereocenters. The summed E-state index contributed by atoms with van der Waals surface area (Å²) in [5.74, 6) is -0.939. The third kappa shape index (κ3) is 3.68. The standard InChI is InChI=1S/C10H10O5/c1-6(11)14-9-3-8(13)4-10(5-9)15-7(2)12/h3-5,13H,1-2H3. The number of hydrogen-bond acceptors (Lipinski definition) is 5. The Kier molecular flexibility index (Phi) is 3.28. The second-order valence-corrected chi connectivity index (χ2v) is 2.85. The van der Waals surface area contributed by atoms with Crippen LogP contribution in [0, 0.1) is 0 Å². The van der Waals surface area contributed by atoms with Crippen molar-refractivity contribution >= 4 is 11.9 Å². The third-order valence-electron chi connectivity index (χ3n) is 1.39. The summed E-state index contributed by atoms with van der Waals surface area (Å²) in [5, 5.41) is 9.24. The number of aromatic hydroxyl groups is 1. The van der Waals surface area contributed by atoms with Crippen molar-refractivity contribution in [2.24, 2.45) is 0 Å². The van der Waals surface area contributed by atoms with E-state index in [9.17, 15) is 14.7 Å². The molecule has 1 N–H and O–H groups in total. The molecule has 0 bridgehead atoms. The average molecular weight is 210 g/mol. The van der Waals surface area contributed by atoms with Crippen molar-refractivity contribution in [3.8, 4) is 17.2 Å². The van der Waals surface area contributed by atoms with Crippen molar-refractivity contribution < 1.29 is 24.2 Å². The van der Waals surface area contributed by atoms with Crippen molar-refractivity contribution in [2.45, 2.75) is 13.8 Å². The van der Waals surface area contributed by atoms with Gasteiger partial charge in [0.25, 0.3) is 0 Å². The van der Waals surface area contributed by atoms with Crippen LogP contribution in [-0.2, 0) is 9.59 Å². The van der Waals surface area contributed by atoms with Gasteiger partial charge in [-0.3, -0.25) is 9.59 Å². The number of benzene rings is 1. The quantitative estimate of drug-likeness (QED) is 0.587. The van der Waals surface area contributed by atoms with E-state index in [1.165, 1.54) is 32.0 Å². The van der Waals surface area contributed by atoms with E-state index in [2.05, 4.69) is 0 Å². The summed E-state index contributed by atoms with van der Waals surface area (Å²) in [6, 6.07) is 3.82. The van der Waals surface area contributed by atoms with E-state index in [4.69, 9.17) is 9.47 Å². The Bertz CT molecular complexity index is 363. The maximum atomic E-state index is 10.6. The van der Waals surface area contributed by atoms with Crippen molar-refractivity contribution in [3.05, 3.63) is 18.2 Å². The van der Waals surface area contributed by atoms with Crippen LogP contribution in [-0.4, -0.2) is 17.0 Å². The van der Waals surface area contributed by atoms with E-state index in [0.29, 0.717) is 0 Å². The van der Waals surface area contributed by atoms with Gasteiger partial charge in [-0.25, -0.2) is 0 Å². The highest BCUT2D eigenvalue weighted by molar-refractivity contribution is 5.71. The van der Waals surface area contributed by atoms with Gasteiger partial charge < -0.3 is 14.6 Å². The second-order valence-electron chi connectivity index (χ2n) is 2.85. The fraction of sp³-hybridized carbons (Fsp3) is 0.200. The monoisotopic (exact) mass is 210 g/mol. The average Bonchev–Trinajstić information content (AvgIpc) is 1.98. The maximum Gasteiger partial charge on any atom is 0.308 e. The first-order chi connectivity index (χ1) is 6.97. The van der Waals surface area contributed by atoms with E-state index in [-0.39, 0.29) is 17.2 Å². The highest BCUT2D eigenvalue weighted by Crippen LogP contribution is 2.26. The molecule has 0 aliphatic carbocycles.